The zero-order valence-corrected chi connectivity index (χ0v) is 14.2. The summed E-state index contributed by atoms with van der Waals surface area (Å²) in [5, 5.41) is 6.74. The Hall–Kier alpha value is -2.31. The molecule has 24 heavy (non-hydrogen) atoms. The fourth-order valence-electron chi connectivity index (χ4n) is 3.02. The number of hydrogen-bond donors (Lipinski definition) is 3. The molecular weight excluding hydrogens is 304 g/mol. The van der Waals surface area contributed by atoms with Crippen LogP contribution in [0.5, 0.6) is 0 Å². The quantitative estimate of drug-likeness (QED) is 0.543. The van der Waals surface area contributed by atoms with E-state index in [1.165, 1.54) is 12.8 Å². The topological polar surface area (TPSA) is 95.6 Å². The fourth-order valence-corrected chi connectivity index (χ4v) is 3.02. The number of piperidine rings is 1. The number of pyridine rings is 1. The van der Waals surface area contributed by atoms with Gasteiger partial charge in [-0.15, -0.1) is 0 Å². The van der Waals surface area contributed by atoms with Gasteiger partial charge >= 0.3 is 0 Å². The van der Waals surface area contributed by atoms with Gasteiger partial charge in [0, 0.05) is 50.4 Å². The van der Waals surface area contributed by atoms with Gasteiger partial charge in [-0.05, 0) is 31.7 Å². The largest absolute Gasteiger partial charge is 0.369 e. The molecule has 0 radical (unpaired) electrons. The molecule has 7 nitrogen and oxygen atoms in total. The molecule has 1 aliphatic heterocycles. The van der Waals surface area contributed by atoms with Crippen molar-refractivity contribution in [2.24, 2.45) is 16.6 Å². The van der Waals surface area contributed by atoms with Crippen molar-refractivity contribution < 1.29 is 4.79 Å². The minimum Gasteiger partial charge on any atom is -0.369 e. The third kappa shape index (κ3) is 4.15. The summed E-state index contributed by atoms with van der Waals surface area (Å²) in [4.78, 5) is 22.4. The van der Waals surface area contributed by atoms with E-state index in [1.807, 2.05) is 12.3 Å². The molecule has 1 saturated carbocycles. The lowest BCUT2D eigenvalue weighted by Gasteiger charge is -2.32. The van der Waals surface area contributed by atoms with E-state index in [-0.39, 0.29) is 11.8 Å². The number of guanidine groups is 1. The molecule has 4 N–H and O–H groups in total. The van der Waals surface area contributed by atoms with Gasteiger partial charge in [-0.2, -0.15) is 0 Å². The van der Waals surface area contributed by atoms with Crippen LogP contribution in [0.2, 0.25) is 0 Å². The van der Waals surface area contributed by atoms with Gasteiger partial charge in [-0.3, -0.25) is 9.79 Å². The van der Waals surface area contributed by atoms with Crippen LogP contribution in [0.4, 0.5) is 5.82 Å². The van der Waals surface area contributed by atoms with Crippen molar-refractivity contribution in [1.82, 2.24) is 15.6 Å². The van der Waals surface area contributed by atoms with Gasteiger partial charge in [0.05, 0.1) is 0 Å². The van der Waals surface area contributed by atoms with Crippen LogP contribution in [0.25, 0.3) is 0 Å². The van der Waals surface area contributed by atoms with E-state index in [9.17, 15) is 4.79 Å². The molecule has 130 valence electrons. The Morgan fingerprint density at radius 2 is 2.12 bits per heavy atom. The Balaban J connectivity index is 1.61. The number of anilines is 1. The van der Waals surface area contributed by atoms with Gasteiger partial charge in [0.1, 0.15) is 5.82 Å². The predicted molar refractivity (Wildman–Crippen MR) is 94.7 cm³/mol. The maximum absolute atomic E-state index is 11.3. The van der Waals surface area contributed by atoms with Crippen molar-refractivity contribution in [3.05, 3.63) is 23.9 Å². The lowest BCUT2D eigenvalue weighted by Crippen LogP contribution is -2.40. The molecule has 0 spiro atoms. The SMILES string of the molecule is CN=C(NCc1cccnc1N1CCC(C(N)=O)CC1)NC1CC1. The number of nitrogens with zero attached hydrogens (tertiary/aromatic N) is 3. The smallest absolute Gasteiger partial charge is 0.220 e. The van der Waals surface area contributed by atoms with Crippen LogP contribution in [0.1, 0.15) is 31.2 Å². The number of amides is 1. The summed E-state index contributed by atoms with van der Waals surface area (Å²) in [6.45, 7) is 2.30. The van der Waals surface area contributed by atoms with Crippen LogP contribution in [0.3, 0.4) is 0 Å². The Kier molecular flexibility index (Phi) is 5.17. The molecule has 1 aliphatic carbocycles. The summed E-state index contributed by atoms with van der Waals surface area (Å²) in [6.07, 6.45) is 5.84. The minimum absolute atomic E-state index is 0.00638. The molecule has 1 saturated heterocycles. The fraction of sp³-hybridized carbons (Fsp3) is 0.588. The lowest BCUT2D eigenvalue weighted by atomic mass is 9.96. The first kappa shape index (κ1) is 16.5. The molecule has 1 aromatic rings. The van der Waals surface area contributed by atoms with Crippen LogP contribution in [0, 0.1) is 5.92 Å². The first-order valence-corrected chi connectivity index (χ1v) is 8.62. The van der Waals surface area contributed by atoms with Crippen LogP contribution in [-0.2, 0) is 11.3 Å². The molecule has 1 aromatic heterocycles. The van der Waals surface area contributed by atoms with Crippen LogP contribution < -0.4 is 21.3 Å². The van der Waals surface area contributed by atoms with Gasteiger partial charge in [0.25, 0.3) is 0 Å². The molecular formula is C17H26N6O. The standard InChI is InChI=1S/C17H26N6O/c1-19-17(22-14-4-5-14)21-11-13-3-2-8-20-16(13)23-9-6-12(7-10-23)15(18)24/h2-3,8,12,14H,4-7,9-11H2,1H3,(H2,18,24)(H2,19,21,22). The molecule has 0 unspecified atom stereocenters. The Labute approximate surface area is 142 Å². The highest BCUT2D eigenvalue weighted by Crippen LogP contribution is 2.24. The molecule has 2 aliphatic rings. The maximum Gasteiger partial charge on any atom is 0.220 e. The average Bonchev–Trinajstić information content (AvgIpc) is 3.43. The highest BCUT2D eigenvalue weighted by atomic mass is 16.1. The number of hydrogen-bond acceptors (Lipinski definition) is 4. The highest BCUT2D eigenvalue weighted by Gasteiger charge is 2.25. The first-order chi connectivity index (χ1) is 11.7. The Morgan fingerprint density at radius 1 is 1.38 bits per heavy atom. The van der Waals surface area contributed by atoms with Crippen LogP contribution in [0.15, 0.2) is 23.3 Å². The van der Waals surface area contributed by atoms with Gasteiger partial charge in [0.2, 0.25) is 5.91 Å². The number of carbonyl (C=O) groups is 1. The molecule has 0 bridgehead atoms. The van der Waals surface area contributed by atoms with Crippen molar-refractivity contribution in [3.8, 4) is 0 Å². The van der Waals surface area contributed by atoms with Gasteiger partial charge in [-0.1, -0.05) is 6.07 Å². The molecule has 1 amide bonds. The zero-order chi connectivity index (χ0) is 16.9. The minimum atomic E-state index is -0.187. The second-order valence-electron chi connectivity index (χ2n) is 6.49. The van der Waals surface area contributed by atoms with Crippen molar-refractivity contribution in [3.63, 3.8) is 0 Å². The molecule has 0 aromatic carbocycles. The number of aliphatic imine (C=N–C) groups is 1. The number of rotatable bonds is 5. The van der Waals surface area contributed by atoms with Crippen molar-refractivity contribution in [1.29, 1.82) is 0 Å². The summed E-state index contributed by atoms with van der Waals surface area (Å²) in [6, 6.07) is 4.60. The lowest BCUT2D eigenvalue weighted by molar-refractivity contribution is -0.122. The van der Waals surface area contributed by atoms with Gasteiger partial charge in [0.15, 0.2) is 5.96 Å². The first-order valence-electron chi connectivity index (χ1n) is 8.62. The highest BCUT2D eigenvalue weighted by molar-refractivity contribution is 5.80. The molecule has 7 heteroatoms. The third-order valence-electron chi connectivity index (χ3n) is 4.65. The average molecular weight is 330 g/mol. The summed E-state index contributed by atoms with van der Waals surface area (Å²) in [5.41, 5.74) is 6.55. The zero-order valence-electron chi connectivity index (χ0n) is 14.2. The van der Waals surface area contributed by atoms with Crippen LogP contribution >= 0.6 is 0 Å². The predicted octanol–water partition coefficient (Wildman–Crippen LogP) is 0.611. The number of nitrogens with two attached hydrogens (primary N) is 1. The monoisotopic (exact) mass is 330 g/mol. The number of aromatic nitrogens is 1. The van der Waals surface area contributed by atoms with E-state index < -0.39 is 0 Å². The van der Waals surface area contributed by atoms with Gasteiger partial charge in [-0.25, -0.2) is 4.98 Å². The summed E-state index contributed by atoms with van der Waals surface area (Å²) < 4.78 is 0. The summed E-state index contributed by atoms with van der Waals surface area (Å²) in [7, 11) is 1.79. The van der Waals surface area contributed by atoms with E-state index in [1.54, 1.807) is 7.05 Å². The normalized spacial score (nSPS) is 19.2. The maximum atomic E-state index is 11.3. The molecule has 0 atom stereocenters. The van der Waals surface area contributed by atoms with E-state index in [0.29, 0.717) is 12.6 Å². The van der Waals surface area contributed by atoms with Crippen LogP contribution in [-0.4, -0.2) is 43.0 Å². The van der Waals surface area contributed by atoms with Crippen molar-refractivity contribution in [2.45, 2.75) is 38.3 Å². The number of carbonyl (C=O) groups excluding carboxylic acids is 1. The van der Waals surface area contributed by atoms with Crippen molar-refractivity contribution in [2.75, 3.05) is 25.0 Å². The second kappa shape index (κ2) is 7.51. The molecule has 2 heterocycles. The van der Waals surface area contributed by atoms with E-state index in [2.05, 4.69) is 31.6 Å². The summed E-state index contributed by atoms with van der Waals surface area (Å²) >= 11 is 0. The third-order valence-corrected chi connectivity index (χ3v) is 4.65. The van der Waals surface area contributed by atoms with Crippen molar-refractivity contribution >= 4 is 17.7 Å². The Morgan fingerprint density at radius 3 is 2.75 bits per heavy atom. The Bertz CT molecular complexity index is 605. The number of nitrogens with one attached hydrogen (secondary N) is 2. The summed E-state index contributed by atoms with van der Waals surface area (Å²) in [5.74, 6) is 1.62. The van der Waals surface area contributed by atoms with E-state index in [4.69, 9.17) is 5.73 Å². The van der Waals surface area contributed by atoms with E-state index in [0.717, 1.165) is 43.3 Å². The molecule has 3 rings (SSSR count). The second-order valence-corrected chi connectivity index (χ2v) is 6.49. The van der Waals surface area contributed by atoms with E-state index >= 15 is 0 Å². The van der Waals surface area contributed by atoms with Gasteiger partial charge < -0.3 is 21.3 Å². The molecule has 2 fully saturated rings. The number of primary amides is 1.